The lowest BCUT2D eigenvalue weighted by Crippen LogP contribution is -2.44. The van der Waals surface area contributed by atoms with Crippen molar-refractivity contribution < 1.29 is 9.47 Å². The lowest BCUT2D eigenvalue weighted by molar-refractivity contribution is 0.413. The molecule has 0 unspecified atom stereocenters. The lowest BCUT2D eigenvalue weighted by Gasteiger charge is -2.45. The Hall–Kier alpha value is -5.87. The zero-order chi connectivity index (χ0) is 37.4. The normalized spacial score (nSPS) is 17.9. The summed E-state index contributed by atoms with van der Waals surface area (Å²) in [5, 5.41) is 8.32. The SMILES string of the molecule is COc1ccccc1C1=c2cc3cc4c5c(c3cc2C2(c3ccccc3Oc3ccccc32)c2cc3c6c7c(cc3cc21)CCCN7CCC6)CCC[N+]=5CCC4. The smallest absolute Gasteiger partial charge is 0.206 e. The average Bonchev–Trinajstić information content (AvgIpc) is 3.26. The van der Waals surface area contributed by atoms with Crippen LogP contribution in [0.25, 0.3) is 27.1 Å². The van der Waals surface area contributed by atoms with Crippen molar-refractivity contribution in [1.82, 2.24) is 4.58 Å². The Morgan fingerprint density at radius 2 is 1.25 bits per heavy atom. The van der Waals surface area contributed by atoms with Crippen molar-refractivity contribution in [2.45, 2.75) is 56.8 Å². The molecule has 0 saturated heterocycles. The summed E-state index contributed by atoms with van der Waals surface area (Å²) in [6.07, 6.45) is 9.38. The van der Waals surface area contributed by atoms with Crippen LogP contribution >= 0.6 is 0 Å². The third-order valence-corrected chi connectivity index (χ3v) is 14.5. The van der Waals surface area contributed by atoms with E-state index in [0.29, 0.717) is 0 Å². The van der Waals surface area contributed by atoms with Gasteiger partial charge in [-0.25, -0.2) is 4.58 Å². The quantitative estimate of drug-likeness (QED) is 0.165. The first kappa shape index (κ1) is 32.2. The zero-order valence-corrected chi connectivity index (χ0v) is 32.6. The lowest BCUT2D eigenvalue weighted by atomic mass is 9.58. The Bertz CT molecular complexity index is 3010. The largest absolute Gasteiger partial charge is 0.496 e. The predicted octanol–water partition coefficient (Wildman–Crippen LogP) is 9.13. The predicted molar refractivity (Wildman–Crippen MR) is 230 cm³/mol. The minimum absolute atomic E-state index is 0.627. The first-order valence-electron chi connectivity index (χ1n) is 21.3. The standard InChI is InChI=1S/C53H45N2O2/c1-56-47-19-5-2-14-38(47)50-41-28-34-26-32-12-8-22-54-24-10-15-36(51(32)54)39(34)30-45(41)53(43-17-3-6-20-48(43)57-49-21-7-4-18-44(49)53)46-31-40-35(29-42(46)50)27-33-13-9-23-55-25-11-16-37(40)52(33)55/h2-7,14,17-21,26-31H,8-13,15-16,22-25H2,1H3/q+1. The van der Waals surface area contributed by atoms with E-state index < -0.39 is 5.41 Å². The van der Waals surface area contributed by atoms with Crippen LogP contribution in [0.3, 0.4) is 0 Å². The fourth-order valence-corrected chi connectivity index (χ4v) is 12.3. The molecule has 57 heavy (non-hydrogen) atoms. The second-order valence-corrected chi connectivity index (χ2v) is 17.3. The van der Waals surface area contributed by atoms with Gasteiger partial charge in [0.05, 0.1) is 12.5 Å². The maximum atomic E-state index is 6.90. The van der Waals surface area contributed by atoms with E-state index in [-0.39, 0.29) is 0 Å². The van der Waals surface area contributed by atoms with E-state index in [9.17, 15) is 0 Å². The van der Waals surface area contributed by atoms with Crippen LogP contribution in [0.1, 0.15) is 81.3 Å². The van der Waals surface area contributed by atoms with Gasteiger partial charge in [0.1, 0.15) is 30.3 Å². The maximum absolute atomic E-state index is 6.90. The Morgan fingerprint density at radius 1 is 0.596 bits per heavy atom. The van der Waals surface area contributed by atoms with Crippen molar-refractivity contribution in [1.29, 1.82) is 0 Å². The Labute approximate surface area is 333 Å². The van der Waals surface area contributed by atoms with Gasteiger partial charge in [-0.3, -0.25) is 0 Å². The van der Waals surface area contributed by atoms with Crippen molar-refractivity contribution in [2.75, 3.05) is 38.2 Å². The van der Waals surface area contributed by atoms with Crippen molar-refractivity contribution in [2.24, 2.45) is 0 Å². The molecule has 13 rings (SSSR count). The number of fused-ring (bicyclic) bond motifs is 12. The summed E-state index contributed by atoms with van der Waals surface area (Å²) in [5.74, 6) is 2.77. The van der Waals surface area contributed by atoms with Gasteiger partial charge in [-0.2, -0.15) is 0 Å². The Kier molecular flexibility index (Phi) is 6.69. The molecule has 0 N–H and O–H groups in total. The summed E-state index contributed by atoms with van der Waals surface area (Å²) < 4.78 is 15.9. The second-order valence-electron chi connectivity index (χ2n) is 17.3. The molecule has 7 aromatic carbocycles. The van der Waals surface area contributed by atoms with Crippen molar-refractivity contribution in [3.8, 4) is 17.2 Å². The second kappa shape index (κ2) is 11.8. The molecule has 5 heterocycles. The highest BCUT2D eigenvalue weighted by molar-refractivity contribution is 6.01. The van der Waals surface area contributed by atoms with Gasteiger partial charge in [-0.15, -0.1) is 0 Å². The highest BCUT2D eigenvalue weighted by atomic mass is 16.5. The topological polar surface area (TPSA) is 24.7 Å². The van der Waals surface area contributed by atoms with Crippen LogP contribution in [0.5, 0.6) is 17.2 Å². The van der Waals surface area contributed by atoms with Gasteiger partial charge in [0, 0.05) is 65.0 Å². The number of aryl methyl sites for hydroxylation is 4. The Morgan fingerprint density at radius 3 is 2.07 bits per heavy atom. The van der Waals surface area contributed by atoms with Crippen molar-refractivity contribution >= 4 is 32.8 Å². The third-order valence-electron chi connectivity index (χ3n) is 14.5. The van der Waals surface area contributed by atoms with E-state index >= 15 is 0 Å². The summed E-state index contributed by atoms with van der Waals surface area (Å²) in [6, 6.07) is 42.0. The maximum Gasteiger partial charge on any atom is 0.206 e. The highest BCUT2D eigenvalue weighted by Gasteiger charge is 2.50. The molecule has 7 aromatic rings. The van der Waals surface area contributed by atoms with Crippen LogP contribution < -0.4 is 29.5 Å². The van der Waals surface area contributed by atoms with Gasteiger partial charge < -0.3 is 14.4 Å². The fourth-order valence-electron chi connectivity index (χ4n) is 12.3. The molecular formula is C53H45N2O2+. The molecule has 0 atom stereocenters. The fraction of sp³-hybridized carbons (Fsp3) is 0.264. The van der Waals surface area contributed by atoms with Crippen LogP contribution in [0.2, 0.25) is 0 Å². The van der Waals surface area contributed by atoms with E-state index in [1.54, 1.807) is 11.1 Å². The van der Waals surface area contributed by atoms with E-state index in [4.69, 9.17) is 9.47 Å². The monoisotopic (exact) mass is 741 g/mol. The summed E-state index contributed by atoms with van der Waals surface area (Å²) in [4.78, 5) is 2.69. The zero-order valence-electron chi connectivity index (χ0n) is 32.6. The van der Waals surface area contributed by atoms with Crippen LogP contribution in [0.4, 0.5) is 5.69 Å². The molecule has 5 aliphatic heterocycles. The number of rotatable bonds is 2. The number of anilines is 1. The Balaban J connectivity index is 1.29. The van der Waals surface area contributed by atoms with Crippen LogP contribution in [-0.4, -0.2) is 33.3 Å². The number of para-hydroxylation sites is 3. The molecule has 0 aromatic heterocycles. The number of nitrogens with zero attached hydrogens (tertiary/aromatic N) is 2. The molecule has 6 aliphatic rings. The molecule has 1 aliphatic carbocycles. The molecule has 0 saturated carbocycles. The van der Waals surface area contributed by atoms with Crippen molar-refractivity contribution in [3.05, 3.63) is 175 Å². The van der Waals surface area contributed by atoms with Crippen LogP contribution in [-0.2, 0) is 31.1 Å². The molecule has 0 fully saturated rings. The van der Waals surface area contributed by atoms with E-state index in [1.165, 1.54) is 108 Å². The number of benzene rings is 7. The van der Waals surface area contributed by atoms with Crippen molar-refractivity contribution in [3.63, 3.8) is 0 Å². The molecule has 278 valence electrons. The minimum atomic E-state index is -0.627. The molecule has 0 radical (unpaired) electrons. The number of hydrogen-bond donors (Lipinski definition) is 0. The van der Waals surface area contributed by atoms with Gasteiger partial charge in [0.25, 0.3) is 0 Å². The molecule has 0 bridgehead atoms. The molecule has 4 nitrogen and oxygen atoms in total. The third kappa shape index (κ3) is 4.26. The molecule has 0 amide bonds. The summed E-state index contributed by atoms with van der Waals surface area (Å²) in [6.45, 7) is 4.64. The van der Waals surface area contributed by atoms with E-state index in [0.717, 1.165) is 74.7 Å². The first-order chi connectivity index (χ1) is 28.2. The van der Waals surface area contributed by atoms with Gasteiger partial charge in [-0.05, 0) is 148 Å². The van der Waals surface area contributed by atoms with Crippen LogP contribution in [0, 0.1) is 0 Å². The summed E-state index contributed by atoms with van der Waals surface area (Å²) >= 11 is 0. The highest BCUT2D eigenvalue weighted by Crippen LogP contribution is 2.59. The summed E-state index contributed by atoms with van der Waals surface area (Å²) in [5.41, 5.74) is 15.8. The minimum Gasteiger partial charge on any atom is -0.496 e. The van der Waals surface area contributed by atoms with Gasteiger partial charge >= 0.3 is 0 Å². The summed E-state index contributed by atoms with van der Waals surface area (Å²) in [7, 11) is 1.82. The number of hydrogen-bond acceptors (Lipinski definition) is 3. The number of methoxy groups -OCH3 is 1. The van der Waals surface area contributed by atoms with E-state index in [1.807, 2.05) is 7.11 Å². The number of ether oxygens (including phenoxy) is 2. The average molecular weight is 742 g/mol. The molecular weight excluding hydrogens is 697 g/mol. The van der Waals surface area contributed by atoms with Gasteiger partial charge in [0.2, 0.25) is 5.36 Å². The van der Waals surface area contributed by atoms with E-state index in [2.05, 4.69) is 119 Å². The first-order valence-corrected chi connectivity index (χ1v) is 21.3. The van der Waals surface area contributed by atoms with Gasteiger partial charge in [-0.1, -0.05) is 54.6 Å². The van der Waals surface area contributed by atoms with Gasteiger partial charge in [0.15, 0.2) is 0 Å². The molecule has 1 spiro atoms. The van der Waals surface area contributed by atoms with Crippen LogP contribution in [0.15, 0.2) is 109 Å². The molecule has 4 heteroatoms.